The molecule has 0 saturated heterocycles. The number of esters is 2. The Morgan fingerprint density at radius 2 is 0.519 bits per heavy atom. The Bertz CT molecular complexity index is 2470. The minimum Gasteiger partial charge on any atom is -0.756 e. The van der Waals surface area contributed by atoms with Crippen molar-refractivity contribution in [3.8, 4) is 0 Å². The maximum Gasteiger partial charge on any atom is 0.306 e. The molecule has 9 nitrogen and oxygen atoms in total. The molecule has 0 aromatic heterocycles. The highest BCUT2D eigenvalue weighted by Gasteiger charge is 2.22. The van der Waals surface area contributed by atoms with Crippen LogP contribution in [0.15, 0.2) is 194 Å². The topological polar surface area (TPSA) is 111 Å². The minimum atomic E-state index is -4.67. The van der Waals surface area contributed by atoms with E-state index in [2.05, 4.69) is 208 Å². The Labute approximate surface area is 641 Å². The summed E-state index contributed by atoms with van der Waals surface area (Å²) in [6, 6.07) is 0. The van der Waals surface area contributed by atoms with Crippen molar-refractivity contribution in [1.82, 2.24) is 0 Å². The fourth-order valence-electron chi connectivity index (χ4n) is 11.3. The van der Waals surface area contributed by atoms with Crippen molar-refractivity contribution < 1.29 is 42.1 Å². The summed E-state index contributed by atoms with van der Waals surface area (Å²) in [5.74, 6) is -0.885. The molecule has 0 amide bonds. The number of phosphoric acid groups is 1. The van der Waals surface area contributed by atoms with Crippen molar-refractivity contribution >= 4 is 19.8 Å². The average Bonchev–Trinajstić information content (AvgIpc) is 0.915. The predicted octanol–water partition coefficient (Wildman–Crippen LogP) is 28.1. The van der Waals surface area contributed by atoms with Gasteiger partial charge in [0.15, 0.2) is 6.10 Å². The zero-order chi connectivity index (χ0) is 75.4. The third kappa shape index (κ3) is 85.8. The molecule has 0 N–H and O–H groups in total. The number of phosphoric ester groups is 1. The summed E-state index contributed by atoms with van der Waals surface area (Å²) in [6.07, 6.45) is 127. The molecule has 0 heterocycles. The quantitative estimate of drug-likeness (QED) is 0.0195. The number of carbonyl (C=O) groups is 2. The molecule has 0 aliphatic rings. The average molecular weight is 1460 g/mol. The van der Waals surface area contributed by atoms with Crippen LogP contribution in [-0.4, -0.2) is 70.0 Å². The van der Waals surface area contributed by atoms with Crippen LogP contribution in [-0.2, 0) is 32.7 Å². The molecule has 0 aromatic carbocycles. The number of hydrogen-bond donors (Lipinski definition) is 0. The molecule has 0 saturated carbocycles. The van der Waals surface area contributed by atoms with Gasteiger partial charge in [0.25, 0.3) is 7.82 Å². The second-order valence-electron chi connectivity index (χ2n) is 28.7. The smallest absolute Gasteiger partial charge is 0.306 e. The Morgan fingerprint density at radius 1 is 0.298 bits per heavy atom. The van der Waals surface area contributed by atoms with Crippen molar-refractivity contribution in [3.63, 3.8) is 0 Å². The van der Waals surface area contributed by atoms with Crippen molar-refractivity contribution in [2.75, 3.05) is 47.5 Å². The molecule has 0 spiro atoms. The zero-order valence-corrected chi connectivity index (χ0v) is 68.3. The van der Waals surface area contributed by atoms with E-state index in [0.717, 1.165) is 135 Å². The van der Waals surface area contributed by atoms with E-state index >= 15 is 0 Å². The van der Waals surface area contributed by atoms with E-state index in [1.807, 2.05) is 21.1 Å². The molecule has 2 atom stereocenters. The molecule has 0 aliphatic heterocycles. The van der Waals surface area contributed by atoms with Gasteiger partial charge in [0.2, 0.25) is 0 Å². The van der Waals surface area contributed by atoms with Crippen molar-refractivity contribution in [1.29, 1.82) is 0 Å². The van der Waals surface area contributed by atoms with E-state index < -0.39 is 32.5 Å². The highest BCUT2D eigenvalue weighted by atomic mass is 31.2. The van der Waals surface area contributed by atoms with Crippen molar-refractivity contribution in [3.05, 3.63) is 194 Å². The van der Waals surface area contributed by atoms with Crippen LogP contribution in [0.25, 0.3) is 0 Å². The maximum atomic E-state index is 12.9. The molecule has 0 aliphatic carbocycles. The molecular weight excluding hydrogens is 1300 g/mol. The van der Waals surface area contributed by atoms with Crippen LogP contribution in [0.3, 0.4) is 0 Å². The predicted molar refractivity (Wildman–Crippen MR) is 452 cm³/mol. The summed E-state index contributed by atoms with van der Waals surface area (Å²) in [6.45, 7) is 3.97. The number of nitrogens with zero attached hydrogens (tertiary/aromatic N) is 1. The zero-order valence-electron chi connectivity index (χ0n) is 67.4. The molecule has 2 unspecified atom stereocenters. The van der Waals surface area contributed by atoms with Crippen molar-refractivity contribution in [2.24, 2.45) is 0 Å². The van der Waals surface area contributed by atoms with E-state index in [9.17, 15) is 19.0 Å². The van der Waals surface area contributed by atoms with Gasteiger partial charge in [0, 0.05) is 12.8 Å². The van der Waals surface area contributed by atoms with Gasteiger partial charge in [-0.1, -0.05) is 375 Å². The first kappa shape index (κ1) is 98.8. The van der Waals surface area contributed by atoms with Crippen LogP contribution in [0, 0.1) is 0 Å². The molecule has 0 bridgehead atoms. The minimum absolute atomic E-state index is 0.0472. The molecular formula is C94H156NO8P. The maximum absolute atomic E-state index is 12.9. The molecule has 0 radical (unpaired) electrons. The number of carbonyl (C=O) groups excluding carboxylic acids is 2. The first-order chi connectivity index (χ1) is 51.0. The number of hydrogen-bond acceptors (Lipinski definition) is 8. The van der Waals surface area contributed by atoms with E-state index in [-0.39, 0.29) is 26.1 Å². The van der Waals surface area contributed by atoms with Crippen LogP contribution in [0.4, 0.5) is 0 Å². The Balaban J connectivity index is 4.04. The SMILES string of the molecule is CC/C=C\C/C=C\C/C=C\C/C=C\C/C=C\C/C=C\C/C=C\C/C=C\C/C=C\C/C=C\C/C=C\C/C=C\CCCCC(=O)OC(COC(=O)CCCCCCCCCCCCCCCCCCCCCCCCCCCCCC/C=C\C/C=C\C/C=C\C/C=C\CC)COP(=O)([O-])OCC[N+](C)(C)C. The Hall–Kier alpha value is -5.15. The van der Waals surface area contributed by atoms with Crippen LogP contribution in [0.2, 0.25) is 0 Å². The standard InChI is InChI=1S/C94H156NO8P/c1-6-8-10-12-14-16-18-20-22-24-26-28-30-32-34-36-38-40-42-44-46-47-49-50-52-54-56-58-60-62-64-66-68-70-72-74-76-78-80-82-84-86-93(96)100-90-92(91-102-104(98,99)101-89-88-95(3,4)5)103-94(97)87-85-83-81-79-77-75-73-71-69-67-65-63-61-59-57-55-53-51-48-45-43-41-39-37-35-33-31-29-27-25-23-21-19-17-15-13-11-9-7-2/h8-11,14-17,20-23,26-29,33,35,39,41,45,48,53,55,59,61,65,67,71,73,77,79,92H,6-7,12-13,18-19,24-25,30-32,34,36-38,40,42-44,46-47,49-52,54,56-58,60,62-64,66,68-70,72,74-76,78,80-91H2,1-5H3/b10-8-,11-9-,16-14-,17-15-,22-20-,23-21-,28-26-,29-27-,35-33-,41-39-,48-45-,55-53-,61-59-,67-65-,73-71-,79-77-. The van der Waals surface area contributed by atoms with Gasteiger partial charge in [-0.05, 0) is 141 Å². The summed E-state index contributed by atoms with van der Waals surface area (Å²) < 4.78 is 34.4. The Kier molecular flexibility index (Phi) is 77.9. The third-order valence-electron chi connectivity index (χ3n) is 17.6. The van der Waals surface area contributed by atoms with Crippen LogP contribution >= 0.6 is 7.82 Å². The van der Waals surface area contributed by atoms with E-state index in [0.29, 0.717) is 17.4 Å². The number of ether oxygens (including phenoxy) is 2. The van der Waals surface area contributed by atoms with Gasteiger partial charge in [-0.2, -0.15) is 0 Å². The second-order valence-corrected chi connectivity index (χ2v) is 30.1. The molecule has 10 heteroatoms. The van der Waals surface area contributed by atoms with Gasteiger partial charge < -0.3 is 27.9 Å². The van der Waals surface area contributed by atoms with Crippen LogP contribution in [0.1, 0.15) is 335 Å². The summed E-state index contributed by atoms with van der Waals surface area (Å²) in [5.41, 5.74) is 0. The van der Waals surface area contributed by atoms with Gasteiger partial charge in [0.05, 0.1) is 27.7 Å². The normalized spacial score (nSPS) is 14.0. The number of allylic oxidation sites excluding steroid dienone is 32. The largest absolute Gasteiger partial charge is 0.756 e. The summed E-state index contributed by atoms with van der Waals surface area (Å²) in [4.78, 5) is 38.2. The summed E-state index contributed by atoms with van der Waals surface area (Å²) in [7, 11) is 1.12. The lowest BCUT2D eigenvalue weighted by Crippen LogP contribution is -2.37. The first-order valence-electron chi connectivity index (χ1n) is 42.1. The highest BCUT2D eigenvalue weighted by molar-refractivity contribution is 7.45. The molecule has 104 heavy (non-hydrogen) atoms. The molecule has 590 valence electrons. The lowest BCUT2D eigenvalue weighted by atomic mass is 10.0. The van der Waals surface area contributed by atoms with Crippen LogP contribution < -0.4 is 4.89 Å². The number of likely N-dealkylation sites (N-methyl/N-ethyl adjacent to an activating group) is 1. The summed E-state index contributed by atoms with van der Waals surface area (Å²) in [5, 5.41) is 0. The van der Waals surface area contributed by atoms with Gasteiger partial charge >= 0.3 is 11.9 Å². The summed E-state index contributed by atoms with van der Waals surface area (Å²) >= 11 is 0. The fraction of sp³-hybridized carbons (Fsp3) is 0.638. The van der Waals surface area contributed by atoms with Gasteiger partial charge in [0.1, 0.15) is 19.8 Å². The van der Waals surface area contributed by atoms with Gasteiger partial charge in [-0.15, -0.1) is 0 Å². The Morgan fingerprint density at radius 3 is 0.788 bits per heavy atom. The lowest BCUT2D eigenvalue weighted by Gasteiger charge is -2.28. The molecule has 0 aromatic rings. The number of unbranched alkanes of at least 4 members (excludes halogenated alkanes) is 30. The van der Waals surface area contributed by atoms with Crippen molar-refractivity contribution in [2.45, 2.75) is 341 Å². The number of quaternary nitrogens is 1. The molecule has 0 fully saturated rings. The lowest BCUT2D eigenvalue weighted by molar-refractivity contribution is -0.870. The van der Waals surface area contributed by atoms with E-state index in [4.69, 9.17) is 18.5 Å². The second kappa shape index (κ2) is 81.9. The van der Waals surface area contributed by atoms with Crippen LogP contribution in [0.5, 0.6) is 0 Å². The monoisotopic (exact) mass is 1460 g/mol. The van der Waals surface area contributed by atoms with E-state index in [1.165, 1.54) is 167 Å². The van der Waals surface area contributed by atoms with Gasteiger partial charge in [-0.3, -0.25) is 14.2 Å². The molecule has 0 rings (SSSR count). The third-order valence-corrected chi connectivity index (χ3v) is 18.6. The highest BCUT2D eigenvalue weighted by Crippen LogP contribution is 2.38. The fourth-order valence-corrected chi connectivity index (χ4v) is 12.0. The van der Waals surface area contributed by atoms with Gasteiger partial charge in [-0.25, -0.2) is 0 Å². The van der Waals surface area contributed by atoms with E-state index in [1.54, 1.807) is 0 Å². The first-order valence-corrected chi connectivity index (χ1v) is 43.6. The number of rotatable bonds is 76.